The van der Waals surface area contributed by atoms with E-state index < -0.39 is 8.07 Å². The van der Waals surface area contributed by atoms with Crippen molar-refractivity contribution >= 4 is 23.6 Å². The normalized spacial score (nSPS) is 15.7. The van der Waals surface area contributed by atoms with Crippen molar-refractivity contribution in [3.05, 3.63) is 91.7 Å². The fraction of sp³-hybridized carbons (Fsp3) is 0.389. The zero-order valence-electron chi connectivity index (χ0n) is 26.8. The van der Waals surface area contributed by atoms with Gasteiger partial charge in [-0.1, -0.05) is 58.2 Å². The lowest BCUT2D eigenvalue weighted by atomic mass is 10.1. The van der Waals surface area contributed by atoms with Crippen LogP contribution in [0.25, 0.3) is 0 Å². The molecule has 40 heavy (non-hydrogen) atoms. The molecule has 0 aliphatic heterocycles. The van der Waals surface area contributed by atoms with Gasteiger partial charge in [0.05, 0.1) is 21.3 Å². The highest BCUT2D eigenvalue weighted by atomic mass is 28.3. The van der Waals surface area contributed by atoms with Gasteiger partial charge in [-0.2, -0.15) is 0 Å². The van der Waals surface area contributed by atoms with Crippen molar-refractivity contribution in [2.45, 2.75) is 69.2 Å². The summed E-state index contributed by atoms with van der Waals surface area (Å²) in [5.74, 6) is 3.08. The zero-order valence-corrected chi connectivity index (χ0v) is 27.8. The van der Waals surface area contributed by atoms with Crippen molar-refractivity contribution in [3.8, 4) is 17.2 Å². The minimum atomic E-state index is -2.95. The van der Waals surface area contributed by atoms with E-state index in [1.54, 1.807) is 26.5 Å². The average Bonchev–Trinajstić information content (AvgIpc) is 3.09. The topological polar surface area (TPSA) is 27.7 Å². The Hall–Kier alpha value is -3.24. The third-order valence-corrected chi connectivity index (χ3v) is 15.1. The van der Waals surface area contributed by atoms with Gasteiger partial charge >= 0.3 is 0 Å². The van der Waals surface area contributed by atoms with E-state index >= 15 is 0 Å². The number of hydrogen-bond acceptors (Lipinski definition) is 3. The van der Waals surface area contributed by atoms with E-state index in [0.717, 1.165) is 33.9 Å². The minimum Gasteiger partial charge on any atom is -0.496 e. The molecular formula is C36H46O3Si. The standard InChI is InChI=1S/C36H46O3Si/c1-20-14-23(4)33(17-30(20)37-11)40(36-28(9)26(7)27(8)29(36)10,34-18-31(38-12)21(2)15-24(34)5)35-19-32(39-13)22(3)16-25(35)6/h14-19,28H,1-13H3. The lowest BCUT2D eigenvalue weighted by molar-refractivity contribution is 0.412. The van der Waals surface area contributed by atoms with Gasteiger partial charge in [0.25, 0.3) is 0 Å². The summed E-state index contributed by atoms with van der Waals surface area (Å²) in [6.45, 7) is 22.6. The van der Waals surface area contributed by atoms with Crippen LogP contribution >= 0.6 is 0 Å². The Morgan fingerprint density at radius 3 is 1.05 bits per heavy atom. The van der Waals surface area contributed by atoms with Crippen molar-refractivity contribution in [1.82, 2.24) is 0 Å². The maximum atomic E-state index is 6.00. The van der Waals surface area contributed by atoms with Crippen molar-refractivity contribution in [2.75, 3.05) is 21.3 Å². The highest BCUT2D eigenvalue weighted by molar-refractivity contribution is 7.17. The first-order valence-corrected chi connectivity index (χ1v) is 16.2. The highest BCUT2D eigenvalue weighted by Gasteiger charge is 2.51. The van der Waals surface area contributed by atoms with Crippen molar-refractivity contribution in [3.63, 3.8) is 0 Å². The molecular weight excluding hydrogens is 508 g/mol. The summed E-state index contributed by atoms with van der Waals surface area (Å²) < 4.78 is 18.0. The van der Waals surface area contributed by atoms with E-state index in [0.29, 0.717) is 5.92 Å². The summed E-state index contributed by atoms with van der Waals surface area (Å²) in [5.41, 5.74) is 11.6. The Kier molecular flexibility index (Phi) is 8.15. The van der Waals surface area contributed by atoms with E-state index in [9.17, 15) is 0 Å². The van der Waals surface area contributed by atoms with Gasteiger partial charge in [0.1, 0.15) is 17.2 Å². The monoisotopic (exact) mass is 554 g/mol. The summed E-state index contributed by atoms with van der Waals surface area (Å²) in [6.07, 6.45) is 0. The molecule has 0 amide bonds. The average molecular weight is 555 g/mol. The number of allylic oxidation sites excluding steroid dienone is 4. The first kappa shape index (κ1) is 29.7. The lowest BCUT2D eigenvalue weighted by Crippen LogP contribution is -2.71. The Morgan fingerprint density at radius 2 is 0.800 bits per heavy atom. The molecule has 0 heterocycles. The molecule has 0 spiro atoms. The SMILES string of the molecule is COc1cc([Si](C2=C(C)C(C)=C(C)C2C)(c2cc(OC)c(C)cc2C)c2cc(OC)c(C)cc2C)c(C)cc1C. The molecule has 1 unspecified atom stereocenters. The molecule has 3 aromatic carbocycles. The van der Waals surface area contributed by atoms with Crippen LogP contribution in [0.5, 0.6) is 17.2 Å². The van der Waals surface area contributed by atoms with Crippen LogP contribution in [0.2, 0.25) is 0 Å². The van der Waals surface area contributed by atoms with E-state index in [4.69, 9.17) is 14.2 Å². The van der Waals surface area contributed by atoms with Crippen molar-refractivity contribution in [2.24, 2.45) is 5.92 Å². The zero-order chi connectivity index (χ0) is 29.7. The summed E-state index contributed by atoms with van der Waals surface area (Å²) in [6, 6.07) is 13.9. The van der Waals surface area contributed by atoms with E-state index in [-0.39, 0.29) is 0 Å². The second-order valence-electron chi connectivity index (χ2n) is 11.7. The van der Waals surface area contributed by atoms with Crippen LogP contribution in [-0.2, 0) is 0 Å². The van der Waals surface area contributed by atoms with Crippen LogP contribution in [0.15, 0.2) is 58.3 Å². The van der Waals surface area contributed by atoms with Gasteiger partial charge < -0.3 is 14.2 Å². The minimum absolute atomic E-state index is 0.303. The fourth-order valence-electron chi connectivity index (χ4n) is 7.21. The molecule has 3 aromatic rings. The Morgan fingerprint density at radius 1 is 0.475 bits per heavy atom. The predicted octanol–water partition coefficient (Wildman–Crippen LogP) is 6.87. The number of benzene rings is 3. The Labute approximate surface area is 242 Å². The summed E-state index contributed by atoms with van der Waals surface area (Å²) >= 11 is 0. The fourth-order valence-corrected chi connectivity index (χ4v) is 13.6. The molecule has 212 valence electrons. The van der Waals surface area contributed by atoms with Gasteiger partial charge in [-0.05, 0) is 124 Å². The number of rotatable bonds is 7. The van der Waals surface area contributed by atoms with Crippen LogP contribution in [0.1, 0.15) is 61.1 Å². The van der Waals surface area contributed by atoms with Gasteiger partial charge in [-0.15, -0.1) is 0 Å². The Balaban J connectivity index is 2.39. The van der Waals surface area contributed by atoms with Crippen LogP contribution < -0.4 is 29.8 Å². The lowest BCUT2D eigenvalue weighted by Gasteiger charge is -2.42. The van der Waals surface area contributed by atoms with Crippen molar-refractivity contribution in [1.29, 1.82) is 0 Å². The van der Waals surface area contributed by atoms with Crippen LogP contribution in [0, 0.1) is 47.5 Å². The predicted molar refractivity (Wildman–Crippen MR) is 172 cm³/mol. The molecule has 1 atom stereocenters. The first-order valence-electron chi connectivity index (χ1n) is 14.2. The Bertz CT molecular complexity index is 1410. The highest BCUT2D eigenvalue weighted by Crippen LogP contribution is 2.43. The third kappa shape index (κ3) is 4.41. The van der Waals surface area contributed by atoms with Gasteiger partial charge in [0, 0.05) is 0 Å². The van der Waals surface area contributed by atoms with E-state index in [1.807, 2.05) is 0 Å². The molecule has 1 aliphatic carbocycles. The molecule has 0 saturated carbocycles. The molecule has 4 heteroatoms. The molecule has 3 nitrogen and oxygen atoms in total. The molecule has 0 radical (unpaired) electrons. The van der Waals surface area contributed by atoms with Crippen LogP contribution in [0.4, 0.5) is 0 Å². The van der Waals surface area contributed by atoms with Crippen LogP contribution in [0.3, 0.4) is 0 Å². The van der Waals surface area contributed by atoms with Gasteiger partial charge in [0.15, 0.2) is 8.07 Å². The number of hydrogen-bond donors (Lipinski definition) is 0. The number of aryl methyl sites for hydroxylation is 6. The van der Waals surface area contributed by atoms with Crippen LogP contribution in [-0.4, -0.2) is 29.4 Å². The van der Waals surface area contributed by atoms with Gasteiger partial charge in [0.2, 0.25) is 0 Å². The maximum absolute atomic E-state index is 6.00. The smallest absolute Gasteiger partial charge is 0.177 e. The quantitative estimate of drug-likeness (QED) is 0.236. The van der Waals surface area contributed by atoms with E-state index in [2.05, 4.69) is 106 Å². The largest absolute Gasteiger partial charge is 0.496 e. The summed E-state index contributed by atoms with van der Waals surface area (Å²) in [5, 5.41) is 5.63. The first-order chi connectivity index (χ1) is 18.8. The van der Waals surface area contributed by atoms with Gasteiger partial charge in [-0.25, -0.2) is 0 Å². The molecule has 0 bridgehead atoms. The van der Waals surface area contributed by atoms with Gasteiger partial charge in [-0.3, -0.25) is 0 Å². The second-order valence-corrected chi connectivity index (χ2v) is 15.4. The molecule has 0 fully saturated rings. The maximum Gasteiger partial charge on any atom is 0.177 e. The number of methoxy groups -OCH3 is 3. The molecule has 0 saturated heterocycles. The molecule has 4 rings (SSSR count). The molecule has 0 aromatic heterocycles. The molecule has 1 aliphatic rings. The number of ether oxygens (including phenoxy) is 3. The summed E-state index contributed by atoms with van der Waals surface area (Å²) in [7, 11) is 2.40. The second kappa shape index (κ2) is 11.0. The van der Waals surface area contributed by atoms with E-state index in [1.165, 1.54) is 49.0 Å². The summed E-state index contributed by atoms with van der Waals surface area (Å²) in [4.78, 5) is 0. The third-order valence-electron chi connectivity index (χ3n) is 9.48. The van der Waals surface area contributed by atoms with Crippen molar-refractivity contribution < 1.29 is 14.2 Å². The molecule has 0 N–H and O–H groups in total.